The number of aliphatic imine (C=N–C) groups is 1. The van der Waals surface area contributed by atoms with Gasteiger partial charge in [-0.15, -0.1) is 0 Å². The highest BCUT2D eigenvalue weighted by molar-refractivity contribution is 7.90. The van der Waals surface area contributed by atoms with E-state index in [0.717, 1.165) is 0 Å². The Balaban J connectivity index is 1.88. The molecule has 27 heavy (non-hydrogen) atoms. The number of fused-ring (bicyclic) bond motifs is 1. The van der Waals surface area contributed by atoms with Crippen molar-refractivity contribution in [2.45, 2.75) is 51.1 Å². The first kappa shape index (κ1) is 20.9. The minimum atomic E-state index is -3.60. The lowest BCUT2D eigenvalue weighted by molar-refractivity contribution is -0.153. The molecule has 2 rings (SSSR count). The molecule has 1 heterocycles. The number of amidine groups is 1. The fourth-order valence-electron chi connectivity index (χ4n) is 2.97. The summed E-state index contributed by atoms with van der Waals surface area (Å²) in [6.07, 6.45) is -0.0516. The van der Waals surface area contributed by atoms with Crippen LogP contribution in [0.1, 0.15) is 39.7 Å². The van der Waals surface area contributed by atoms with Crippen LogP contribution in [0.3, 0.4) is 0 Å². The number of esters is 1. The van der Waals surface area contributed by atoms with Gasteiger partial charge in [0.15, 0.2) is 6.61 Å². The molecule has 8 nitrogen and oxygen atoms in total. The highest BCUT2D eigenvalue weighted by Crippen LogP contribution is 2.22. The Hall–Kier alpha value is -2.42. The van der Waals surface area contributed by atoms with Crippen LogP contribution in [-0.4, -0.2) is 56.3 Å². The Kier molecular flexibility index (Phi) is 6.59. The normalized spacial score (nSPS) is 16.3. The molecule has 1 N–H and O–H groups in total. The van der Waals surface area contributed by atoms with Crippen LogP contribution in [0.25, 0.3) is 0 Å². The van der Waals surface area contributed by atoms with E-state index in [1.54, 1.807) is 23.1 Å². The van der Waals surface area contributed by atoms with Crippen LogP contribution in [0.4, 0.5) is 0 Å². The first-order chi connectivity index (χ1) is 12.6. The number of rotatable bonds is 7. The SMILES string of the molecule is CC(C)N(C(=O)COC(=O)CCN=C1NS(=O)(=O)c2ccccc21)C(C)C. The van der Waals surface area contributed by atoms with Gasteiger partial charge in [-0.3, -0.25) is 19.3 Å². The zero-order valence-electron chi connectivity index (χ0n) is 15.9. The minimum Gasteiger partial charge on any atom is -0.456 e. The summed E-state index contributed by atoms with van der Waals surface area (Å²) in [5.74, 6) is -0.605. The molecule has 0 saturated carbocycles. The fourth-order valence-corrected chi connectivity index (χ4v) is 4.22. The van der Waals surface area contributed by atoms with Crippen LogP contribution < -0.4 is 4.72 Å². The predicted octanol–water partition coefficient (Wildman–Crippen LogP) is 1.30. The molecule has 0 spiro atoms. The molecule has 0 aromatic heterocycles. The Morgan fingerprint density at radius 3 is 2.41 bits per heavy atom. The monoisotopic (exact) mass is 395 g/mol. The average Bonchev–Trinajstić information content (AvgIpc) is 2.83. The Bertz CT molecular complexity index is 838. The summed E-state index contributed by atoms with van der Waals surface area (Å²) < 4.78 is 31.4. The quantitative estimate of drug-likeness (QED) is 0.701. The maximum Gasteiger partial charge on any atom is 0.308 e. The molecule has 0 atom stereocenters. The van der Waals surface area contributed by atoms with Crippen molar-refractivity contribution in [2.24, 2.45) is 4.99 Å². The number of amides is 1. The number of sulfonamides is 1. The lowest BCUT2D eigenvalue weighted by atomic mass is 10.2. The first-order valence-electron chi connectivity index (χ1n) is 8.77. The highest BCUT2D eigenvalue weighted by atomic mass is 32.2. The molecular weight excluding hydrogens is 370 g/mol. The van der Waals surface area contributed by atoms with E-state index in [9.17, 15) is 18.0 Å². The summed E-state index contributed by atoms with van der Waals surface area (Å²) in [6.45, 7) is 7.33. The van der Waals surface area contributed by atoms with Crippen LogP contribution in [0.15, 0.2) is 34.2 Å². The number of nitrogens with one attached hydrogen (secondary N) is 1. The smallest absolute Gasteiger partial charge is 0.308 e. The standard InChI is InChI=1S/C18H25N3O5S/c1-12(2)21(13(3)4)16(22)11-26-17(23)9-10-19-18-14-7-5-6-8-15(14)27(24,25)20-18/h5-8,12-13H,9-11H2,1-4H3,(H,19,20). The van der Waals surface area contributed by atoms with Gasteiger partial charge >= 0.3 is 5.97 Å². The van der Waals surface area contributed by atoms with E-state index in [1.807, 2.05) is 27.7 Å². The van der Waals surface area contributed by atoms with Crippen LogP contribution in [0.5, 0.6) is 0 Å². The highest BCUT2D eigenvalue weighted by Gasteiger charge is 2.30. The molecule has 1 aromatic carbocycles. The molecule has 0 bridgehead atoms. The van der Waals surface area contributed by atoms with Gasteiger partial charge in [0.2, 0.25) is 0 Å². The molecule has 0 radical (unpaired) electrons. The number of nitrogens with zero attached hydrogens (tertiary/aromatic N) is 2. The minimum absolute atomic E-state index is 0.0121. The van der Waals surface area contributed by atoms with Gasteiger partial charge in [0.1, 0.15) is 5.84 Å². The number of carbonyl (C=O) groups is 2. The van der Waals surface area contributed by atoms with Crippen molar-refractivity contribution in [2.75, 3.05) is 13.2 Å². The maximum absolute atomic E-state index is 12.2. The maximum atomic E-state index is 12.2. The second kappa shape index (κ2) is 8.51. The van der Waals surface area contributed by atoms with Gasteiger partial charge in [-0.2, -0.15) is 0 Å². The number of carbonyl (C=O) groups excluding carboxylic acids is 2. The zero-order valence-corrected chi connectivity index (χ0v) is 16.7. The Labute approximate surface area is 159 Å². The molecule has 0 saturated heterocycles. The van der Waals surface area contributed by atoms with Gasteiger partial charge in [-0.25, -0.2) is 8.42 Å². The van der Waals surface area contributed by atoms with Crippen molar-refractivity contribution in [3.05, 3.63) is 29.8 Å². The lowest BCUT2D eigenvalue weighted by Crippen LogP contribution is -2.44. The number of hydrogen-bond donors (Lipinski definition) is 1. The molecule has 0 unspecified atom stereocenters. The molecule has 1 aliphatic heterocycles. The molecule has 1 amide bonds. The van der Waals surface area contributed by atoms with E-state index in [4.69, 9.17) is 4.74 Å². The summed E-state index contributed by atoms with van der Waals surface area (Å²) in [4.78, 5) is 30.0. The van der Waals surface area contributed by atoms with Crippen LogP contribution >= 0.6 is 0 Å². The van der Waals surface area contributed by atoms with E-state index >= 15 is 0 Å². The van der Waals surface area contributed by atoms with Gasteiger partial charge < -0.3 is 9.64 Å². The fraction of sp³-hybridized carbons (Fsp3) is 0.500. The third kappa shape index (κ3) is 5.06. The van der Waals surface area contributed by atoms with Gasteiger partial charge in [0.25, 0.3) is 15.9 Å². The molecule has 1 aliphatic rings. The van der Waals surface area contributed by atoms with E-state index < -0.39 is 16.0 Å². The first-order valence-corrected chi connectivity index (χ1v) is 10.2. The van der Waals surface area contributed by atoms with Crippen LogP contribution in [-0.2, 0) is 24.3 Å². The topological polar surface area (TPSA) is 105 Å². The van der Waals surface area contributed by atoms with Crippen molar-refractivity contribution in [3.8, 4) is 0 Å². The second-order valence-corrected chi connectivity index (χ2v) is 8.38. The van der Waals surface area contributed by atoms with Gasteiger partial charge in [-0.1, -0.05) is 12.1 Å². The molecule has 148 valence electrons. The van der Waals surface area contributed by atoms with Crippen molar-refractivity contribution >= 4 is 27.7 Å². The molecule has 9 heteroatoms. The van der Waals surface area contributed by atoms with Gasteiger partial charge in [0, 0.05) is 17.6 Å². The van der Waals surface area contributed by atoms with E-state index in [-0.39, 0.29) is 48.3 Å². The summed E-state index contributed by atoms with van der Waals surface area (Å²) in [5.41, 5.74) is 0.477. The van der Waals surface area contributed by atoms with Crippen molar-refractivity contribution < 1.29 is 22.7 Å². The van der Waals surface area contributed by atoms with Crippen molar-refractivity contribution in [1.82, 2.24) is 9.62 Å². The van der Waals surface area contributed by atoms with E-state index in [1.165, 1.54) is 6.07 Å². The molecule has 0 fully saturated rings. The van der Waals surface area contributed by atoms with Crippen LogP contribution in [0.2, 0.25) is 0 Å². The number of hydrogen-bond acceptors (Lipinski definition) is 6. The third-order valence-electron chi connectivity index (χ3n) is 4.01. The summed E-state index contributed by atoms with van der Waals surface area (Å²) >= 11 is 0. The Morgan fingerprint density at radius 1 is 1.15 bits per heavy atom. The van der Waals surface area contributed by atoms with Crippen molar-refractivity contribution in [3.63, 3.8) is 0 Å². The number of benzene rings is 1. The average molecular weight is 395 g/mol. The largest absolute Gasteiger partial charge is 0.456 e. The van der Waals surface area contributed by atoms with E-state index in [2.05, 4.69) is 9.71 Å². The lowest BCUT2D eigenvalue weighted by Gasteiger charge is -2.30. The van der Waals surface area contributed by atoms with Gasteiger partial charge in [0.05, 0.1) is 17.9 Å². The summed E-state index contributed by atoms with van der Waals surface area (Å²) in [7, 11) is -3.60. The Morgan fingerprint density at radius 2 is 1.78 bits per heavy atom. The summed E-state index contributed by atoms with van der Waals surface area (Å²) in [5, 5.41) is 0. The molecular formula is C18H25N3O5S. The summed E-state index contributed by atoms with van der Waals surface area (Å²) in [6, 6.07) is 6.51. The van der Waals surface area contributed by atoms with Gasteiger partial charge in [-0.05, 0) is 39.8 Å². The molecule has 0 aliphatic carbocycles. The predicted molar refractivity (Wildman–Crippen MR) is 101 cm³/mol. The van der Waals surface area contributed by atoms with Crippen LogP contribution in [0, 0.1) is 0 Å². The molecule has 1 aromatic rings. The number of ether oxygens (including phenoxy) is 1. The third-order valence-corrected chi connectivity index (χ3v) is 5.40. The van der Waals surface area contributed by atoms with E-state index in [0.29, 0.717) is 5.56 Å². The van der Waals surface area contributed by atoms with Crippen molar-refractivity contribution in [1.29, 1.82) is 0 Å². The zero-order chi connectivity index (χ0) is 20.2. The second-order valence-electron chi connectivity index (χ2n) is 6.73.